The highest BCUT2D eigenvalue weighted by atomic mass is 127. The SMILES string of the molecule is CC(=O)C(=O)OI. The molecule has 0 bridgehead atoms. The maximum atomic E-state index is 9.93. The standard InChI is InChI=1S/C3H3IO3/c1-2(5)3(6)7-4/h1H3. The van der Waals surface area contributed by atoms with Crippen LogP contribution in [0.5, 0.6) is 0 Å². The van der Waals surface area contributed by atoms with Crippen LogP contribution in [0.3, 0.4) is 0 Å². The fourth-order valence-electron chi connectivity index (χ4n) is 0.0543. The topological polar surface area (TPSA) is 43.4 Å². The lowest BCUT2D eigenvalue weighted by atomic mass is 10.5. The second-order valence-corrected chi connectivity index (χ2v) is 1.36. The minimum atomic E-state index is -0.805. The summed E-state index contributed by atoms with van der Waals surface area (Å²) in [6.07, 6.45) is 0. The molecule has 0 amide bonds. The Hall–Kier alpha value is -0.130. The number of carbonyl (C=O) groups excluding carboxylic acids is 2. The first kappa shape index (κ1) is 6.87. The number of Topliss-reactive ketones (excluding diaryl/α,β-unsaturated/α-hetero) is 1. The largest absolute Gasteiger partial charge is 0.389 e. The van der Waals surface area contributed by atoms with E-state index in [2.05, 4.69) is 3.07 Å². The predicted molar refractivity (Wildman–Crippen MR) is 30.8 cm³/mol. The summed E-state index contributed by atoms with van der Waals surface area (Å²) in [4.78, 5) is 19.8. The van der Waals surface area contributed by atoms with E-state index in [0.717, 1.165) is 6.92 Å². The van der Waals surface area contributed by atoms with Crippen LogP contribution in [0.2, 0.25) is 0 Å². The molecule has 0 unspecified atom stereocenters. The van der Waals surface area contributed by atoms with Crippen LogP contribution in [0, 0.1) is 0 Å². The van der Waals surface area contributed by atoms with E-state index < -0.39 is 11.8 Å². The molecule has 0 fully saturated rings. The van der Waals surface area contributed by atoms with Crippen LogP contribution < -0.4 is 0 Å². The van der Waals surface area contributed by atoms with Crippen molar-refractivity contribution in [2.24, 2.45) is 0 Å². The zero-order valence-electron chi connectivity index (χ0n) is 3.60. The normalized spacial score (nSPS) is 7.71. The third-order valence-electron chi connectivity index (χ3n) is 0.358. The molecule has 3 nitrogen and oxygen atoms in total. The number of carbonyl (C=O) groups is 2. The van der Waals surface area contributed by atoms with Crippen LogP contribution in [0.25, 0.3) is 0 Å². The van der Waals surface area contributed by atoms with E-state index in [-0.39, 0.29) is 0 Å². The molecule has 40 valence electrons. The first-order valence-corrected chi connectivity index (χ1v) is 2.40. The average molecular weight is 214 g/mol. The Kier molecular flexibility index (Phi) is 2.89. The minimum Gasteiger partial charge on any atom is -0.389 e. The summed E-state index contributed by atoms with van der Waals surface area (Å²) in [5, 5.41) is 0. The summed E-state index contributed by atoms with van der Waals surface area (Å²) in [7, 11) is 0. The third kappa shape index (κ3) is 2.55. The predicted octanol–water partition coefficient (Wildman–Crippen LogP) is 0.469. The molecule has 0 spiro atoms. The molecule has 0 aromatic carbocycles. The number of hydrogen-bond donors (Lipinski definition) is 0. The Morgan fingerprint density at radius 2 is 2.00 bits per heavy atom. The maximum absolute atomic E-state index is 9.93. The third-order valence-corrected chi connectivity index (χ3v) is 0.758. The monoisotopic (exact) mass is 214 g/mol. The van der Waals surface area contributed by atoms with Crippen LogP contribution in [-0.4, -0.2) is 11.8 Å². The second-order valence-electron chi connectivity index (χ2n) is 0.921. The minimum absolute atomic E-state index is 0.575. The van der Waals surface area contributed by atoms with Gasteiger partial charge in [-0.1, -0.05) is 0 Å². The van der Waals surface area contributed by atoms with E-state index >= 15 is 0 Å². The first-order chi connectivity index (χ1) is 3.18. The smallest absolute Gasteiger partial charge is 0.383 e. The molecule has 0 aromatic rings. The lowest BCUT2D eigenvalue weighted by molar-refractivity contribution is -0.143. The van der Waals surface area contributed by atoms with Gasteiger partial charge in [-0.25, -0.2) is 4.79 Å². The lowest BCUT2D eigenvalue weighted by Gasteiger charge is -1.83. The molecule has 0 atom stereocenters. The molecule has 4 heteroatoms. The Labute approximate surface area is 54.7 Å². The van der Waals surface area contributed by atoms with Crippen molar-refractivity contribution in [1.29, 1.82) is 0 Å². The van der Waals surface area contributed by atoms with Gasteiger partial charge < -0.3 is 3.07 Å². The molecule has 0 aliphatic heterocycles. The Balaban J connectivity index is 3.58. The van der Waals surface area contributed by atoms with Crippen molar-refractivity contribution in [1.82, 2.24) is 0 Å². The molecule has 0 aliphatic carbocycles. The lowest BCUT2D eigenvalue weighted by Crippen LogP contribution is -2.07. The number of rotatable bonds is 1. The first-order valence-electron chi connectivity index (χ1n) is 1.52. The molecule has 0 saturated heterocycles. The van der Waals surface area contributed by atoms with Crippen molar-refractivity contribution in [2.45, 2.75) is 6.92 Å². The van der Waals surface area contributed by atoms with Gasteiger partial charge in [-0.2, -0.15) is 0 Å². The summed E-state index contributed by atoms with van der Waals surface area (Å²) in [6.45, 7) is 1.15. The van der Waals surface area contributed by atoms with Gasteiger partial charge in [0.1, 0.15) is 0 Å². The van der Waals surface area contributed by atoms with Crippen molar-refractivity contribution in [3.8, 4) is 0 Å². The highest BCUT2D eigenvalue weighted by molar-refractivity contribution is 14.1. The van der Waals surface area contributed by atoms with Crippen molar-refractivity contribution < 1.29 is 12.7 Å². The second kappa shape index (κ2) is 2.95. The Morgan fingerprint density at radius 3 is 2.00 bits per heavy atom. The quantitative estimate of drug-likeness (QED) is 0.470. The molecule has 0 rings (SSSR count). The summed E-state index contributed by atoms with van der Waals surface area (Å²) in [5.41, 5.74) is 0. The van der Waals surface area contributed by atoms with E-state index in [1.54, 1.807) is 0 Å². The zero-order valence-corrected chi connectivity index (χ0v) is 5.76. The van der Waals surface area contributed by atoms with E-state index in [1.807, 2.05) is 0 Å². The van der Waals surface area contributed by atoms with Crippen molar-refractivity contribution in [3.05, 3.63) is 0 Å². The number of hydrogen-bond acceptors (Lipinski definition) is 3. The molecule has 7 heavy (non-hydrogen) atoms. The summed E-state index contributed by atoms with van der Waals surface area (Å²) >= 11 is 1.36. The van der Waals surface area contributed by atoms with Gasteiger partial charge in [0.15, 0.2) is 23.0 Å². The van der Waals surface area contributed by atoms with Crippen molar-refractivity contribution >= 4 is 34.8 Å². The van der Waals surface area contributed by atoms with Gasteiger partial charge in [0.2, 0.25) is 5.78 Å². The Morgan fingerprint density at radius 1 is 1.57 bits per heavy atom. The number of halogens is 1. The molecule has 0 aliphatic rings. The molecule has 0 radical (unpaired) electrons. The van der Waals surface area contributed by atoms with E-state index in [0.29, 0.717) is 0 Å². The molecule has 0 aromatic heterocycles. The number of ketones is 1. The van der Waals surface area contributed by atoms with E-state index in [4.69, 9.17) is 0 Å². The van der Waals surface area contributed by atoms with E-state index in [9.17, 15) is 9.59 Å². The van der Waals surface area contributed by atoms with Gasteiger partial charge in [-0.05, 0) is 0 Å². The molecule has 0 heterocycles. The average Bonchev–Trinajstić information content (AvgIpc) is 1.65. The van der Waals surface area contributed by atoms with Gasteiger partial charge in [-0.3, -0.25) is 4.79 Å². The summed E-state index contributed by atoms with van der Waals surface area (Å²) < 4.78 is 3.99. The fourth-order valence-corrected chi connectivity index (χ4v) is 0.364. The van der Waals surface area contributed by atoms with Gasteiger partial charge >= 0.3 is 5.97 Å². The summed E-state index contributed by atoms with van der Waals surface area (Å²) in [6, 6.07) is 0. The highest BCUT2D eigenvalue weighted by Gasteiger charge is 2.04. The highest BCUT2D eigenvalue weighted by Crippen LogP contribution is 1.86. The molecule has 0 saturated carbocycles. The summed E-state index contributed by atoms with van der Waals surface area (Å²) in [5.74, 6) is -1.38. The molecular formula is C3H3IO3. The van der Waals surface area contributed by atoms with Crippen molar-refractivity contribution in [3.63, 3.8) is 0 Å². The fraction of sp³-hybridized carbons (Fsp3) is 0.333. The maximum Gasteiger partial charge on any atom is 0.383 e. The van der Waals surface area contributed by atoms with Gasteiger partial charge in [0.05, 0.1) is 0 Å². The van der Waals surface area contributed by atoms with Crippen molar-refractivity contribution in [2.75, 3.05) is 0 Å². The van der Waals surface area contributed by atoms with Gasteiger partial charge in [-0.15, -0.1) is 0 Å². The van der Waals surface area contributed by atoms with E-state index in [1.165, 1.54) is 23.0 Å². The molecular weight excluding hydrogens is 211 g/mol. The van der Waals surface area contributed by atoms with Gasteiger partial charge in [0.25, 0.3) is 0 Å². The van der Waals surface area contributed by atoms with Crippen LogP contribution in [0.1, 0.15) is 6.92 Å². The molecule has 0 N–H and O–H groups in total. The van der Waals surface area contributed by atoms with Gasteiger partial charge in [0, 0.05) is 6.92 Å². The zero-order chi connectivity index (χ0) is 5.86. The van der Waals surface area contributed by atoms with Crippen LogP contribution in [0.4, 0.5) is 0 Å². The van der Waals surface area contributed by atoms with Crippen LogP contribution in [-0.2, 0) is 12.7 Å². The van der Waals surface area contributed by atoms with Crippen LogP contribution >= 0.6 is 23.0 Å². The Bertz CT molecular complexity index is 98.4. The van der Waals surface area contributed by atoms with Crippen LogP contribution in [0.15, 0.2) is 0 Å².